The van der Waals surface area contributed by atoms with Gasteiger partial charge in [-0.1, -0.05) is 6.07 Å². The summed E-state index contributed by atoms with van der Waals surface area (Å²) in [6.45, 7) is 4.01. The second-order valence-corrected chi connectivity index (χ2v) is 6.10. The molecule has 0 bridgehead atoms. The molecule has 90 valence electrons. The summed E-state index contributed by atoms with van der Waals surface area (Å²) in [5, 5.41) is 3.07. The molecule has 2 rings (SSSR count). The Hall–Kier alpha value is -0.910. The number of hydrogen-bond acceptors (Lipinski definition) is 5. The van der Waals surface area contributed by atoms with E-state index >= 15 is 0 Å². The van der Waals surface area contributed by atoms with Crippen LogP contribution in [0.3, 0.4) is 0 Å². The zero-order valence-corrected chi connectivity index (χ0v) is 11.5. The van der Waals surface area contributed by atoms with Crippen LogP contribution in [0.25, 0.3) is 0 Å². The fourth-order valence-electron chi connectivity index (χ4n) is 1.48. The Morgan fingerprint density at radius 3 is 3.00 bits per heavy atom. The number of nitrogens with two attached hydrogens (primary N) is 1. The minimum atomic E-state index is 0.150. The van der Waals surface area contributed by atoms with Crippen molar-refractivity contribution >= 4 is 23.1 Å². The molecule has 17 heavy (non-hydrogen) atoms. The summed E-state index contributed by atoms with van der Waals surface area (Å²) in [5.74, 6) is 0. The molecule has 0 fully saturated rings. The Balaban J connectivity index is 2.20. The standard InChI is InChI=1S/C12H15N3S2/c1-8(13)6-10-4-3-5-14-11(10)17-12-15-9(2)7-16-12/h3-5,7-8H,6,13H2,1-2H3. The van der Waals surface area contributed by atoms with Gasteiger partial charge in [-0.2, -0.15) is 0 Å². The Labute approximate surface area is 109 Å². The Kier molecular flexibility index (Phi) is 4.15. The van der Waals surface area contributed by atoms with Crippen molar-refractivity contribution in [3.05, 3.63) is 35.0 Å². The van der Waals surface area contributed by atoms with Crippen molar-refractivity contribution in [2.45, 2.75) is 35.7 Å². The van der Waals surface area contributed by atoms with E-state index in [1.807, 2.05) is 26.1 Å². The summed E-state index contributed by atoms with van der Waals surface area (Å²) in [6.07, 6.45) is 2.66. The molecule has 0 amide bonds. The number of nitrogens with zero attached hydrogens (tertiary/aromatic N) is 2. The molecule has 0 aromatic carbocycles. The molecule has 0 aliphatic rings. The van der Waals surface area contributed by atoms with Gasteiger partial charge in [-0.05, 0) is 43.7 Å². The van der Waals surface area contributed by atoms with Gasteiger partial charge in [-0.3, -0.25) is 0 Å². The van der Waals surface area contributed by atoms with E-state index in [1.54, 1.807) is 23.1 Å². The molecule has 3 nitrogen and oxygen atoms in total. The molecule has 0 aliphatic carbocycles. The molecule has 2 aromatic heterocycles. The van der Waals surface area contributed by atoms with E-state index in [2.05, 4.69) is 21.4 Å². The maximum absolute atomic E-state index is 5.84. The van der Waals surface area contributed by atoms with Crippen LogP contribution in [-0.2, 0) is 6.42 Å². The Bertz CT molecular complexity index is 494. The van der Waals surface area contributed by atoms with Crippen LogP contribution in [0.5, 0.6) is 0 Å². The molecule has 1 atom stereocenters. The number of rotatable bonds is 4. The van der Waals surface area contributed by atoms with Crippen LogP contribution in [-0.4, -0.2) is 16.0 Å². The summed E-state index contributed by atoms with van der Waals surface area (Å²) in [4.78, 5) is 8.85. The van der Waals surface area contributed by atoms with Gasteiger partial charge in [-0.15, -0.1) is 11.3 Å². The third-order valence-corrected chi connectivity index (χ3v) is 4.29. The molecule has 0 spiro atoms. The lowest BCUT2D eigenvalue weighted by molar-refractivity contribution is 0.722. The van der Waals surface area contributed by atoms with Gasteiger partial charge in [0.2, 0.25) is 0 Å². The van der Waals surface area contributed by atoms with Gasteiger partial charge in [0.05, 0.1) is 0 Å². The molecule has 2 aromatic rings. The van der Waals surface area contributed by atoms with Crippen LogP contribution in [0.2, 0.25) is 0 Å². The lowest BCUT2D eigenvalue weighted by Crippen LogP contribution is -2.18. The highest BCUT2D eigenvalue weighted by Gasteiger charge is 2.09. The number of aromatic nitrogens is 2. The molecule has 2 N–H and O–H groups in total. The second kappa shape index (κ2) is 5.62. The lowest BCUT2D eigenvalue weighted by Gasteiger charge is -2.08. The quantitative estimate of drug-likeness (QED) is 0.923. The van der Waals surface area contributed by atoms with E-state index in [0.29, 0.717) is 0 Å². The van der Waals surface area contributed by atoms with E-state index in [0.717, 1.165) is 21.5 Å². The van der Waals surface area contributed by atoms with Gasteiger partial charge in [-0.25, -0.2) is 9.97 Å². The highest BCUT2D eigenvalue weighted by Crippen LogP contribution is 2.31. The van der Waals surface area contributed by atoms with E-state index in [9.17, 15) is 0 Å². The summed E-state index contributed by atoms with van der Waals surface area (Å²) in [6, 6.07) is 4.19. The molecular weight excluding hydrogens is 250 g/mol. The van der Waals surface area contributed by atoms with Crippen molar-refractivity contribution in [3.8, 4) is 0 Å². The predicted molar refractivity (Wildman–Crippen MR) is 72.6 cm³/mol. The maximum Gasteiger partial charge on any atom is 0.156 e. The van der Waals surface area contributed by atoms with Gasteiger partial charge in [0.25, 0.3) is 0 Å². The van der Waals surface area contributed by atoms with Crippen molar-refractivity contribution in [3.63, 3.8) is 0 Å². The summed E-state index contributed by atoms with van der Waals surface area (Å²) in [5.41, 5.74) is 8.09. The van der Waals surface area contributed by atoms with Gasteiger partial charge < -0.3 is 5.73 Å². The normalized spacial score (nSPS) is 12.6. The topological polar surface area (TPSA) is 51.8 Å². The van der Waals surface area contributed by atoms with Gasteiger partial charge in [0, 0.05) is 23.3 Å². The average Bonchev–Trinajstić information content (AvgIpc) is 2.66. The largest absolute Gasteiger partial charge is 0.328 e. The first kappa shape index (κ1) is 12.5. The van der Waals surface area contributed by atoms with Gasteiger partial charge >= 0.3 is 0 Å². The van der Waals surface area contributed by atoms with Crippen LogP contribution >= 0.6 is 23.1 Å². The highest BCUT2D eigenvalue weighted by molar-refractivity contribution is 8.01. The number of pyridine rings is 1. The van der Waals surface area contributed by atoms with E-state index < -0.39 is 0 Å². The second-order valence-electron chi connectivity index (χ2n) is 4.01. The summed E-state index contributed by atoms with van der Waals surface area (Å²) >= 11 is 3.27. The maximum atomic E-state index is 5.84. The molecule has 0 saturated heterocycles. The smallest absolute Gasteiger partial charge is 0.156 e. The van der Waals surface area contributed by atoms with Crippen molar-refractivity contribution < 1.29 is 0 Å². The van der Waals surface area contributed by atoms with E-state index in [-0.39, 0.29) is 6.04 Å². The van der Waals surface area contributed by atoms with Crippen LogP contribution in [0.15, 0.2) is 33.1 Å². The molecule has 0 aliphatic heterocycles. The van der Waals surface area contributed by atoms with E-state index in [4.69, 9.17) is 5.73 Å². The van der Waals surface area contributed by atoms with Crippen LogP contribution < -0.4 is 5.73 Å². The fourth-order valence-corrected chi connectivity index (χ4v) is 3.33. The third-order valence-electron chi connectivity index (χ3n) is 2.17. The monoisotopic (exact) mass is 265 g/mol. The van der Waals surface area contributed by atoms with Crippen molar-refractivity contribution in [1.82, 2.24) is 9.97 Å². The number of thiazole rings is 1. The zero-order valence-electron chi connectivity index (χ0n) is 9.88. The summed E-state index contributed by atoms with van der Waals surface area (Å²) in [7, 11) is 0. The molecule has 5 heteroatoms. The molecule has 0 saturated carbocycles. The molecule has 2 heterocycles. The van der Waals surface area contributed by atoms with Gasteiger partial charge in [0.15, 0.2) is 4.34 Å². The average molecular weight is 265 g/mol. The Morgan fingerprint density at radius 1 is 1.53 bits per heavy atom. The van der Waals surface area contributed by atoms with E-state index in [1.165, 1.54) is 5.56 Å². The minimum absolute atomic E-state index is 0.150. The third kappa shape index (κ3) is 3.52. The minimum Gasteiger partial charge on any atom is -0.328 e. The first-order valence-corrected chi connectivity index (χ1v) is 7.14. The predicted octanol–water partition coefficient (Wildman–Crippen LogP) is 2.89. The van der Waals surface area contributed by atoms with Crippen LogP contribution in [0.4, 0.5) is 0 Å². The SMILES string of the molecule is Cc1csc(Sc2ncccc2CC(C)N)n1. The van der Waals surface area contributed by atoms with Crippen molar-refractivity contribution in [2.24, 2.45) is 5.73 Å². The summed E-state index contributed by atoms with van der Waals surface area (Å²) < 4.78 is 1.03. The van der Waals surface area contributed by atoms with Crippen molar-refractivity contribution in [1.29, 1.82) is 0 Å². The van der Waals surface area contributed by atoms with Crippen LogP contribution in [0, 0.1) is 6.92 Å². The first-order chi connectivity index (χ1) is 8.15. The molecule has 0 radical (unpaired) electrons. The molecular formula is C12H15N3S2. The Morgan fingerprint density at radius 2 is 2.35 bits per heavy atom. The first-order valence-electron chi connectivity index (χ1n) is 5.44. The highest BCUT2D eigenvalue weighted by atomic mass is 32.2. The lowest BCUT2D eigenvalue weighted by atomic mass is 10.1. The molecule has 1 unspecified atom stereocenters. The van der Waals surface area contributed by atoms with Crippen molar-refractivity contribution in [2.75, 3.05) is 0 Å². The number of aryl methyl sites for hydroxylation is 1. The van der Waals surface area contributed by atoms with Gasteiger partial charge in [0.1, 0.15) is 5.03 Å². The number of hydrogen-bond donors (Lipinski definition) is 1. The van der Waals surface area contributed by atoms with Crippen LogP contribution in [0.1, 0.15) is 18.2 Å². The fraction of sp³-hybridized carbons (Fsp3) is 0.333. The zero-order chi connectivity index (χ0) is 12.3.